The highest BCUT2D eigenvalue weighted by Crippen LogP contribution is 2.56. The Kier molecular flexibility index (Phi) is 16.8. The molecule has 5 atom stereocenters. The molecule has 0 N–H and O–H groups in total. The summed E-state index contributed by atoms with van der Waals surface area (Å²) in [7, 11) is 2.25. The third-order valence-corrected chi connectivity index (χ3v) is 15.0. The largest absolute Gasteiger partial charge is 0.532 e. The van der Waals surface area contributed by atoms with E-state index in [1.54, 1.807) is 46.6 Å². The van der Waals surface area contributed by atoms with Gasteiger partial charge in [-0.2, -0.15) is 0 Å². The van der Waals surface area contributed by atoms with Crippen molar-refractivity contribution in [3.8, 4) is 51.4 Å². The van der Waals surface area contributed by atoms with E-state index in [4.69, 9.17) is 45.4 Å². The quantitative estimate of drug-likeness (QED) is 0.0642. The smallest absolute Gasteiger partial charge is 0.497 e. The Balaban J connectivity index is 1.58. The summed E-state index contributed by atoms with van der Waals surface area (Å²) in [5.74, 6) is 3.84. The number of carbonyl (C=O) groups excluding carboxylic acids is 1. The minimum absolute atomic E-state index is 0.00652. The first kappa shape index (κ1) is 50.4. The molecular formula is C55H68O11P2. The van der Waals surface area contributed by atoms with Crippen molar-refractivity contribution >= 4 is 44.8 Å². The summed E-state index contributed by atoms with van der Waals surface area (Å²) in [6.45, 7) is 17.5. The SMILES string of the molecule is CCCC(C)c1cc(OC)cc(-c2cc(OC)cc(C(C)CCC)c2Op2oc3c(C(C)CCC)cc(OC)cc3c3cc(OC)cc(C(C)CCC)c3o2)c1OP1OC(=O)c2ccccc2O1. The fourth-order valence-corrected chi connectivity index (χ4v) is 11.5. The van der Waals surface area contributed by atoms with E-state index in [2.05, 4.69) is 67.5 Å². The standard InChI is InChI=1S/C55H68O11P2/c1-13-19-33(5)42-25-37(57-9)29-46(51(42)62-67-61-50-24-18-17-23-41(50)55(56)66-67)47-30-38(58-10)26-43(34(6)20-14-2)52(47)63-68-64-53-44(35(7)21-15-3)27-39(59-11)31-48(53)49-32-40(60-12)28-45(54(49)65-68)36(8)22-16-4/h17-18,23-36H,13-16,19-22H2,1-12H3. The lowest BCUT2D eigenvalue weighted by Gasteiger charge is -2.27. The first-order valence-electron chi connectivity index (χ1n) is 24.1. The number of rotatable bonds is 21. The maximum atomic E-state index is 13.4. The van der Waals surface area contributed by atoms with Crippen LogP contribution in [0.15, 0.2) is 81.2 Å². The monoisotopic (exact) mass is 966 g/mol. The average molecular weight is 967 g/mol. The fourth-order valence-electron chi connectivity index (χ4n) is 9.31. The first-order valence-corrected chi connectivity index (χ1v) is 26.3. The van der Waals surface area contributed by atoms with E-state index in [0.29, 0.717) is 56.6 Å². The van der Waals surface area contributed by atoms with E-state index in [9.17, 15) is 4.79 Å². The number of hydrogen-bond donors (Lipinski definition) is 0. The molecule has 11 nitrogen and oxygen atoms in total. The van der Waals surface area contributed by atoms with Crippen molar-refractivity contribution in [1.29, 1.82) is 0 Å². The molecule has 13 heteroatoms. The second-order valence-corrected chi connectivity index (χ2v) is 19.9. The fraction of sp³-hybridized carbons (Fsp3) is 0.436. The van der Waals surface area contributed by atoms with Crippen LogP contribution in [0.2, 0.25) is 0 Å². The van der Waals surface area contributed by atoms with Gasteiger partial charge in [-0.1, -0.05) is 93.2 Å². The molecular weight excluding hydrogens is 899 g/mol. The summed E-state index contributed by atoms with van der Waals surface area (Å²) >= 11 is 0. The van der Waals surface area contributed by atoms with Crippen LogP contribution < -0.4 is 32.5 Å². The molecule has 0 fully saturated rings. The minimum Gasteiger partial charge on any atom is -0.497 e. The molecule has 5 aromatic carbocycles. The predicted octanol–water partition coefficient (Wildman–Crippen LogP) is 17.3. The van der Waals surface area contributed by atoms with Crippen molar-refractivity contribution in [3.05, 3.63) is 101 Å². The second kappa shape index (κ2) is 22.7. The summed E-state index contributed by atoms with van der Waals surface area (Å²) in [6, 6.07) is 23.2. The van der Waals surface area contributed by atoms with Crippen LogP contribution in [0.3, 0.4) is 0 Å². The van der Waals surface area contributed by atoms with E-state index < -0.39 is 22.8 Å². The maximum Gasteiger partial charge on any atom is 0.532 e. The van der Waals surface area contributed by atoms with Gasteiger partial charge < -0.3 is 45.4 Å². The molecule has 68 heavy (non-hydrogen) atoms. The lowest BCUT2D eigenvalue weighted by Crippen LogP contribution is -2.15. The minimum atomic E-state index is -2.23. The molecule has 0 saturated heterocycles. The third-order valence-electron chi connectivity index (χ3n) is 13.0. The lowest BCUT2D eigenvalue weighted by atomic mass is 9.88. The molecule has 6 aromatic rings. The Bertz CT molecular complexity index is 2680. The van der Waals surface area contributed by atoms with Gasteiger partial charge in [0, 0.05) is 44.2 Å². The van der Waals surface area contributed by atoms with Crippen LogP contribution in [-0.4, -0.2) is 34.4 Å². The highest BCUT2D eigenvalue weighted by atomic mass is 31.2. The lowest BCUT2D eigenvalue weighted by molar-refractivity contribution is 0.0697. The highest BCUT2D eigenvalue weighted by molar-refractivity contribution is 7.43. The maximum absolute atomic E-state index is 13.4. The van der Waals surface area contributed by atoms with E-state index in [0.717, 1.165) is 95.9 Å². The van der Waals surface area contributed by atoms with Gasteiger partial charge in [-0.05, 0) is 110 Å². The summed E-state index contributed by atoms with van der Waals surface area (Å²) < 4.78 is 65.2. The molecule has 0 radical (unpaired) electrons. The molecule has 364 valence electrons. The van der Waals surface area contributed by atoms with Gasteiger partial charge >= 0.3 is 22.8 Å². The van der Waals surface area contributed by atoms with Crippen LogP contribution in [0, 0.1) is 0 Å². The average Bonchev–Trinajstić information content (AvgIpc) is 3.49. The van der Waals surface area contributed by atoms with Gasteiger partial charge in [-0.3, -0.25) is 0 Å². The molecule has 0 amide bonds. The highest BCUT2D eigenvalue weighted by Gasteiger charge is 2.35. The van der Waals surface area contributed by atoms with Crippen molar-refractivity contribution in [3.63, 3.8) is 0 Å². The van der Waals surface area contributed by atoms with Crippen molar-refractivity contribution in [2.24, 2.45) is 0 Å². The van der Waals surface area contributed by atoms with Crippen LogP contribution in [0.1, 0.15) is 163 Å². The molecule has 2 heterocycles. The second-order valence-electron chi connectivity index (χ2n) is 17.9. The van der Waals surface area contributed by atoms with E-state index in [-0.39, 0.29) is 23.7 Å². The Hall–Kier alpha value is -5.50. The first-order chi connectivity index (χ1) is 32.9. The van der Waals surface area contributed by atoms with Gasteiger partial charge in [0.05, 0.1) is 28.4 Å². The zero-order valence-electron chi connectivity index (χ0n) is 41.8. The van der Waals surface area contributed by atoms with Crippen molar-refractivity contribution in [2.75, 3.05) is 28.4 Å². The van der Waals surface area contributed by atoms with Crippen LogP contribution in [0.5, 0.6) is 40.2 Å². The Morgan fingerprint density at radius 2 is 0.882 bits per heavy atom. The molecule has 1 aliphatic rings. The number of benzene rings is 5. The summed E-state index contributed by atoms with van der Waals surface area (Å²) in [5, 5.41) is 1.68. The summed E-state index contributed by atoms with van der Waals surface area (Å²) in [5.41, 5.74) is 6.75. The normalized spacial score (nSPS) is 15.4. The van der Waals surface area contributed by atoms with Gasteiger partial charge in [-0.15, -0.1) is 0 Å². The van der Waals surface area contributed by atoms with E-state index in [1.165, 1.54) is 0 Å². The van der Waals surface area contributed by atoms with Gasteiger partial charge in [0.1, 0.15) is 57.0 Å². The van der Waals surface area contributed by atoms with Gasteiger partial charge in [-0.25, -0.2) is 4.79 Å². The Morgan fingerprint density at radius 1 is 0.485 bits per heavy atom. The Morgan fingerprint density at radius 3 is 1.32 bits per heavy atom. The number of methoxy groups -OCH3 is 4. The van der Waals surface area contributed by atoms with Crippen LogP contribution in [0.4, 0.5) is 0 Å². The number of para-hydroxylation sites is 1. The number of carbonyl (C=O) groups is 1. The van der Waals surface area contributed by atoms with Crippen LogP contribution in [-0.2, 0) is 4.52 Å². The topological polar surface area (TPSA) is 117 Å². The number of hydrogen-bond acceptors (Lipinski definition) is 11. The molecule has 0 bridgehead atoms. The van der Waals surface area contributed by atoms with Crippen molar-refractivity contribution in [1.82, 2.24) is 0 Å². The van der Waals surface area contributed by atoms with Gasteiger partial charge in [0.15, 0.2) is 0 Å². The number of fused-ring (bicyclic) bond motifs is 4. The van der Waals surface area contributed by atoms with Gasteiger partial charge in [0.25, 0.3) is 0 Å². The predicted molar refractivity (Wildman–Crippen MR) is 274 cm³/mol. The van der Waals surface area contributed by atoms with Crippen LogP contribution in [0.25, 0.3) is 33.1 Å². The molecule has 1 aliphatic heterocycles. The van der Waals surface area contributed by atoms with E-state index >= 15 is 0 Å². The molecule has 1 aromatic heterocycles. The van der Waals surface area contributed by atoms with Crippen molar-refractivity contribution in [2.45, 2.75) is 130 Å². The third kappa shape index (κ3) is 10.7. The molecule has 7 rings (SSSR count). The molecule has 0 saturated carbocycles. The van der Waals surface area contributed by atoms with E-state index in [1.807, 2.05) is 42.5 Å². The van der Waals surface area contributed by atoms with Crippen molar-refractivity contribution < 1.29 is 50.2 Å². The summed E-state index contributed by atoms with van der Waals surface area (Å²) in [6.07, 6.45) is 7.38. The molecule has 0 aliphatic carbocycles. The summed E-state index contributed by atoms with van der Waals surface area (Å²) in [4.78, 5) is 13.4. The zero-order valence-corrected chi connectivity index (χ0v) is 43.6. The van der Waals surface area contributed by atoms with Gasteiger partial charge in [0.2, 0.25) is 0 Å². The zero-order chi connectivity index (χ0) is 48.6. The molecule has 0 spiro atoms. The Labute approximate surface area is 404 Å². The van der Waals surface area contributed by atoms with Crippen LogP contribution >= 0.6 is 16.8 Å². The number of ether oxygens (including phenoxy) is 4. The molecule has 5 unspecified atom stereocenters.